The molecule has 0 radical (unpaired) electrons. The Hall–Kier alpha value is -1.34. The second-order valence-corrected chi connectivity index (χ2v) is 12.1. The molecule has 0 aromatic heterocycles. The van der Waals surface area contributed by atoms with E-state index in [0.717, 1.165) is 23.1 Å². The summed E-state index contributed by atoms with van der Waals surface area (Å²) < 4.78 is 24.4. The van der Waals surface area contributed by atoms with Crippen molar-refractivity contribution >= 4 is 32.7 Å². The topological polar surface area (TPSA) is 66.8 Å². The zero-order valence-corrected chi connectivity index (χ0v) is 17.5. The van der Waals surface area contributed by atoms with Gasteiger partial charge < -0.3 is 4.90 Å². The van der Waals surface area contributed by atoms with E-state index in [-0.39, 0.29) is 28.7 Å². The Morgan fingerprint density at radius 3 is 2.64 bits per heavy atom. The van der Waals surface area contributed by atoms with Crippen molar-refractivity contribution in [1.29, 1.82) is 0 Å². The minimum atomic E-state index is -2.98. The standard InChI is InChI=1S/C21H26N2O3S2/c24-20(9-7-14-4-2-1-3-5-14)22-21-23(17-11-15-6-8-16(17)10-15)18-12-28(25,26)13-19(18)27-21/h1-5,15-19H,6-13H2/t15-,16-,17+,18+,19+/m0/s1. The number of thioether (sulfide) groups is 1. The third-order valence-corrected chi connectivity index (χ3v) is 10.1. The van der Waals surface area contributed by atoms with Gasteiger partial charge in [-0.05, 0) is 43.1 Å². The molecule has 5 nitrogen and oxygen atoms in total. The van der Waals surface area contributed by atoms with Gasteiger partial charge in [0.15, 0.2) is 15.0 Å². The lowest BCUT2D eigenvalue weighted by molar-refractivity contribution is -0.117. The number of nitrogens with zero attached hydrogens (tertiary/aromatic N) is 2. The maximum absolute atomic E-state index is 12.6. The second kappa shape index (κ2) is 7.17. The summed E-state index contributed by atoms with van der Waals surface area (Å²) in [6.07, 6.45) is 6.01. The summed E-state index contributed by atoms with van der Waals surface area (Å²) in [5, 5.41) is 0.824. The number of amidine groups is 1. The van der Waals surface area contributed by atoms with Crippen LogP contribution >= 0.6 is 11.8 Å². The highest BCUT2D eigenvalue weighted by molar-refractivity contribution is 8.15. The summed E-state index contributed by atoms with van der Waals surface area (Å²) >= 11 is 1.53. The van der Waals surface area contributed by atoms with Crippen LogP contribution < -0.4 is 0 Å². The van der Waals surface area contributed by atoms with Gasteiger partial charge in [0.05, 0.1) is 17.5 Å². The van der Waals surface area contributed by atoms with E-state index >= 15 is 0 Å². The predicted molar refractivity (Wildman–Crippen MR) is 112 cm³/mol. The van der Waals surface area contributed by atoms with Crippen LogP contribution in [0.4, 0.5) is 0 Å². The van der Waals surface area contributed by atoms with Gasteiger partial charge in [0, 0.05) is 17.7 Å². The highest BCUT2D eigenvalue weighted by atomic mass is 32.2. The third-order valence-electron chi connectivity index (χ3n) is 6.86. The van der Waals surface area contributed by atoms with Crippen LogP contribution in [0.5, 0.6) is 0 Å². The molecule has 5 atom stereocenters. The van der Waals surface area contributed by atoms with Crippen LogP contribution in [0.3, 0.4) is 0 Å². The van der Waals surface area contributed by atoms with E-state index in [1.807, 2.05) is 30.3 Å². The molecule has 1 amide bonds. The number of fused-ring (bicyclic) bond motifs is 3. The minimum Gasteiger partial charge on any atom is -0.343 e. The molecule has 5 rings (SSSR count). The van der Waals surface area contributed by atoms with Crippen molar-refractivity contribution in [1.82, 2.24) is 4.90 Å². The van der Waals surface area contributed by atoms with Gasteiger partial charge in [-0.15, -0.1) is 0 Å². The van der Waals surface area contributed by atoms with E-state index in [9.17, 15) is 13.2 Å². The van der Waals surface area contributed by atoms with E-state index in [1.54, 1.807) is 0 Å². The number of aliphatic imine (C=N–C) groups is 1. The number of carbonyl (C=O) groups excluding carboxylic acids is 1. The smallest absolute Gasteiger partial charge is 0.248 e. The number of sulfone groups is 1. The molecule has 1 aromatic carbocycles. The number of hydrogen-bond acceptors (Lipinski definition) is 4. The lowest BCUT2D eigenvalue weighted by atomic mass is 9.93. The molecule has 0 spiro atoms. The van der Waals surface area contributed by atoms with E-state index < -0.39 is 9.84 Å². The largest absolute Gasteiger partial charge is 0.343 e. The number of rotatable bonds is 4. The Morgan fingerprint density at radius 1 is 1.11 bits per heavy atom. The van der Waals surface area contributed by atoms with Crippen molar-refractivity contribution in [2.24, 2.45) is 16.8 Å². The van der Waals surface area contributed by atoms with Gasteiger partial charge in [0.1, 0.15) is 0 Å². The molecule has 4 fully saturated rings. The van der Waals surface area contributed by atoms with Crippen molar-refractivity contribution in [3.8, 4) is 0 Å². The second-order valence-electron chi connectivity index (χ2n) is 8.72. The zero-order chi connectivity index (χ0) is 19.3. The molecule has 0 unspecified atom stereocenters. The monoisotopic (exact) mass is 418 g/mol. The zero-order valence-electron chi connectivity index (χ0n) is 15.9. The summed E-state index contributed by atoms with van der Waals surface area (Å²) in [6, 6.07) is 10.4. The maximum atomic E-state index is 12.6. The lowest BCUT2D eigenvalue weighted by Crippen LogP contribution is -2.47. The van der Waals surface area contributed by atoms with E-state index in [1.165, 1.54) is 31.0 Å². The first-order chi connectivity index (χ1) is 13.5. The molecular weight excluding hydrogens is 392 g/mol. The molecule has 2 saturated heterocycles. The number of aryl methyl sites for hydroxylation is 1. The van der Waals surface area contributed by atoms with Crippen LogP contribution in [-0.2, 0) is 21.1 Å². The fourth-order valence-electron chi connectivity index (χ4n) is 5.59. The molecule has 2 saturated carbocycles. The third kappa shape index (κ3) is 3.52. The molecule has 1 aromatic rings. The molecular formula is C21H26N2O3S2. The highest BCUT2D eigenvalue weighted by Crippen LogP contribution is 2.51. The van der Waals surface area contributed by atoms with Crippen LogP contribution in [0.1, 0.15) is 37.7 Å². The predicted octanol–water partition coefficient (Wildman–Crippen LogP) is 2.90. The quantitative estimate of drug-likeness (QED) is 0.752. The molecule has 0 N–H and O–H groups in total. The first-order valence-electron chi connectivity index (χ1n) is 10.3. The van der Waals surface area contributed by atoms with Gasteiger partial charge in [0.25, 0.3) is 0 Å². The van der Waals surface area contributed by atoms with E-state index in [4.69, 9.17) is 0 Å². The summed E-state index contributed by atoms with van der Waals surface area (Å²) in [7, 11) is -2.98. The summed E-state index contributed by atoms with van der Waals surface area (Å²) in [5.74, 6) is 1.75. The molecule has 7 heteroatoms. The van der Waals surface area contributed by atoms with Crippen molar-refractivity contribution < 1.29 is 13.2 Å². The Morgan fingerprint density at radius 2 is 1.93 bits per heavy atom. The average Bonchev–Trinajstić information content (AvgIpc) is 3.40. The molecule has 150 valence electrons. The minimum absolute atomic E-state index is 0.0000216. The number of benzene rings is 1. The Labute approximate surface area is 170 Å². The Balaban J connectivity index is 1.35. The van der Waals surface area contributed by atoms with Gasteiger partial charge in [-0.2, -0.15) is 4.99 Å². The van der Waals surface area contributed by atoms with E-state index in [0.29, 0.717) is 24.8 Å². The van der Waals surface area contributed by atoms with Crippen molar-refractivity contribution in [3.05, 3.63) is 35.9 Å². The Kier molecular flexibility index (Phi) is 4.78. The normalized spacial score (nSPS) is 36.9. The van der Waals surface area contributed by atoms with Crippen LogP contribution in [0.2, 0.25) is 0 Å². The van der Waals surface area contributed by atoms with Gasteiger partial charge in [0.2, 0.25) is 5.91 Å². The summed E-state index contributed by atoms with van der Waals surface area (Å²) in [4.78, 5) is 19.4. The first kappa shape index (κ1) is 18.7. The fourth-order valence-corrected chi connectivity index (χ4v) is 9.58. The van der Waals surface area contributed by atoms with Crippen LogP contribution in [-0.4, -0.2) is 53.2 Å². The van der Waals surface area contributed by atoms with Gasteiger partial charge in [-0.1, -0.05) is 48.5 Å². The summed E-state index contributed by atoms with van der Waals surface area (Å²) in [5.41, 5.74) is 1.14. The molecule has 2 bridgehead atoms. The van der Waals surface area contributed by atoms with Crippen LogP contribution in [0.15, 0.2) is 35.3 Å². The lowest BCUT2D eigenvalue weighted by Gasteiger charge is -2.36. The maximum Gasteiger partial charge on any atom is 0.248 e. The van der Waals surface area contributed by atoms with Crippen LogP contribution in [0.25, 0.3) is 0 Å². The molecule has 2 aliphatic carbocycles. The molecule has 4 aliphatic rings. The number of amides is 1. The van der Waals surface area contributed by atoms with E-state index in [2.05, 4.69) is 9.89 Å². The van der Waals surface area contributed by atoms with Gasteiger partial charge in [-0.3, -0.25) is 4.79 Å². The van der Waals surface area contributed by atoms with Crippen molar-refractivity contribution in [3.63, 3.8) is 0 Å². The average molecular weight is 419 g/mol. The first-order valence-corrected chi connectivity index (χ1v) is 13.0. The van der Waals surface area contributed by atoms with Crippen molar-refractivity contribution in [2.45, 2.75) is 55.9 Å². The van der Waals surface area contributed by atoms with Gasteiger partial charge in [-0.25, -0.2) is 8.42 Å². The number of hydrogen-bond donors (Lipinski definition) is 0. The van der Waals surface area contributed by atoms with Gasteiger partial charge >= 0.3 is 0 Å². The fraction of sp³-hybridized carbons (Fsp3) is 0.619. The molecule has 2 aliphatic heterocycles. The SMILES string of the molecule is O=C(CCc1ccccc1)N=C1S[C@@H]2CS(=O)(=O)C[C@H]2N1[C@@H]1C[C@H]2CC[C@H]1C2. The highest BCUT2D eigenvalue weighted by Gasteiger charge is 2.54. The Bertz CT molecular complexity index is 899. The molecule has 2 heterocycles. The van der Waals surface area contributed by atoms with Crippen LogP contribution in [0, 0.1) is 11.8 Å². The molecule has 28 heavy (non-hydrogen) atoms. The van der Waals surface area contributed by atoms with Crippen molar-refractivity contribution in [2.75, 3.05) is 11.5 Å². The number of carbonyl (C=O) groups is 1. The summed E-state index contributed by atoms with van der Waals surface area (Å²) in [6.45, 7) is 0.